The lowest BCUT2D eigenvalue weighted by Crippen LogP contribution is -2.11. The lowest BCUT2D eigenvalue weighted by atomic mass is 9.92. The normalized spacial score (nSPS) is 10.9. The SMILES string of the molecule is C#C[SiH2]OCC(c1ccccc1)c1ccccc1. The molecule has 0 bridgehead atoms. The van der Waals surface area contributed by atoms with Gasteiger partial charge in [0, 0.05) is 12.5 Å². The molecule has 0 heterocycles. The van der Waals surface area contributed by atoms with Gasteiger partial charge in [-0.15, -0.1) is 12.0 Å². The summed E-state index contributed by atoms with van der Waals surface area (Å²) >= 11 is 0. The van der Waals surface area contributed by atoms with Crippen LogP contribution in [0.3, 0.4) is 0 Å². The molecule has 2 aromatic carbocycles. The van der Waals surface area contributed by atoms with E-state index in [2.05, 4.69) is 54.1 Å². The van der Waals surface area contributed by atoms with Crippen molar-refractivity contribution in [2.24, 2.45) is 0 Å². The molecule has 0 aromatic heterocycles. The molecule has 0 unspecified atom stereocenters. The third-order valence-electron chi connectivity index (χ3n) is 2.87. The van der Waals surface area contributed by atoms with Crippen molar-refractivity contribution in [2.75, 3.05) is 6.61 Å². The monoisotopic (exact) mass is 252 g/mol. The highest BCUT2D eigenvalue weighted by molar-refractivity contribution is 6.38. The highest BCUT2D eigenvalue weighted by Crippen LogP contribution is 2.24. The Bertz CT molecular complexity index is 462. The van der Waals surface area contributed by atoms with Crippen molar-refractivity contribution < 1.29 is 4.43 Å². The third-order valence-corrected chi connectivity index (χ3v) is 3.48. The molecular weight excluding hydrogens is 236 g/mol. The van der Waals surface area contributed by atoms with E-state index < -0.39 is 9.76 Å². The van der Waals surface area contributed by atoms with E-state index in [1.54, 1.807) is 0 Å². The standard InChI is InChI=1S/C16H16OSi/c1-2-18-17-13-16(14-9-5-3-6-10-14)15-11-7-4-8-12-15/h1,3-12,16H,13,18H2. The molecule has 0 radical (unpaired) electrons. The summed E-state index contributed by atoms with van der Waals surface area (Å²) in [4.78, 5) is 0. The zero-order valence-corrected chi connectivity index (χ0v) is 11.7. The molecule has 1 nitrogen and oxygen atoms in total. The zero-order chi connectivity index (χ0) is 12.6. The Morgan fingerprint density at radius 1 is 0.944 bits per heavy atom. The van der Waals surface area contributed by atoms with Gasteiger partial charge in [-0.2, -0.15) is 0 Å². The number of terminal acetylenes is 1. The van der Waals surface area contributed by atoms with Gasteiger partial charge in [-0.3, -0.25) is 0 Å². The average molecular weight is 252 g/mol. The average Bonchev–Trinajstić information content (AvgIpc) is 2.46. The summed E-state index contributed by atoms with van der Waals surface area (Å²) in [5.74, 6) is 0.272. The van der Waals surface area contributed by atoms with Crippen molar-refractivity contribution in [3.05, 3.63) is 71.8 Å². The molecule has 0 aliphatic heterocycles. The summed E-state index contributed by atoms with van der Waals surface area (Å²) in [5, 5.41) is 0. The molecular formula is C16H16OSi. The number of rotatable bonds is 5. The quantitative estimate of drug-likeness (QED) is 0.451. The van der Waals surface area contributed by atoms with Gasteiger partial charge >= 0.3 is 0 Å². The van der Waals surface area contributed by atoms with Crippen molar-refractivity contribution in [1.82, 2.24) is 0 Å². The smallest absolute Gasteiger partial charge is 0.240 e. The van der Waals surface area contributed by atoms with Crippen molar-refractivity contribution in [3.8, 4) is 12.0 Å². The van der Waals surface area contributed by atoms with Crippen LogP contribution in [0.1, 0.15) is 17.0 Å². The molecule has 0 atom stereocenters. The van der Waals surface area contributed by atoms with Gasteiger partial charge in [0.15, 0.2) is 0 Å². The number of hydrogen-bond acceptors (Lipinski definition) is 1. The van der Waals surface area contributed by atoms with Gasteiger partial charge in [-0.25, -0.2) is 0 Å². The van der Waals surface area contributed by atoms with Crippen LogP contribution in [-0.2, 0) is 4.43 Å². The predicted molar refractivity (Wildman–Crippen MR) is 78.1 cm³/mol. The number of benzene rings is 2. The summed E-state index contributed by atoms with van der Waals surface area (Å²) in [5.41, 5.74) is 5.19. The topological polar surface area (TPSA) is 9.23 Å². The van der Waals surface area contributed by atoms with Crippen LogP contribution in [0, 0.1) is 12.0 Å². The highest BCUT2D eigenvalue weighted by Gasteiger charge is 2.13. The van der Waals surface area contributed by atoms with Gasteiger partial charge in [-0.1, -0.05) is 60.7 Å². The minimum absolute atomic E-state index is 0.272. The van der Waals surface area contributed by atoms with Crippen LogP contribution in [0.5, 0.6) is 0 Å². The lowest BCUT2D eigenvalue weighted by Gasteiger charge is -2.17. The van der Waals surface area contributed by atoms with E-state index in [1.165, 1.54) is 11.1 Å². The summed E-state index contributed by atoms with van der Waals surface area (Å²) in [6.07, 6.45) is 5.28. The second kappa shape index (κ2) is 6.80. The molecule has 0 saturated heterocycles. The fourth-order valence-electron chi connectivity index (χ4n) is 1.99. The third kappa shape index (κ3) is 3.33. The van der Waals surface area contributed by atoms with Crippen LogP contribution in [0.15, 0.2) is 60.7 Å². The Labute approximate surface area is 111 Å². The van der Waals surface area contributed by atoms with Gasteiger partial charge in [0.05, 0.1) is 0 Å². The molecule has 0 spiro atoms. The first-order valence-electron chi connectivity index (χ1n) is 6.03. The van der Waals surface area contributed by atoms with Crippen LogP contribution in [0.25, 0.3) is 0 Å². The van der Waals surface area contributed by atoms with Crippen molar-refractivity contribution in [2.45, 2.75) is 5.92 Å². The summed E-state index contributed by atoms with van der Waals surface area (Å²) in [6.45, 7) is 0.671. The second-order valence-corrected chi connectivity index (χ2v) is 5.20. The molecule has 18 heavy (non-hydrogen) atoms. The fraction of sp³-hybridized carbons (Fsp3) is 0.125. The first-order chi connectivity index (χ1) is 8.92. The highest BCUT2D eigenvalue weighted by atomic mass is 28.2. The van der Waals surface area contributed by atoms with Gasteiger partial charge in [0.2, 0.25) is 9.76 Å². The van der Waals surface area contributed by atoms with E-state index in [1.807, 2.05) is 12.1 Å². The molecule has 2 aromatic rings. The molecule has 0 saturated carbocycles. The molecule has 0 aliphatic rings. The Morgan fingerprint density at radius 2 is 1.44 bits per heavy atom. The van der Waals surface area contributed by atoms with Gasteiger partial charge in [0.25, 0.3) is 0 Å². The maximum absolute atomic E-state index is 5.66. The predicted octanol–water partition coefficient (Wildman–Crippen LogP) is 2.51. The first-order valence-corrected chi connectivity index (χ1v) is 7.31. The van der Waals surface area contributed by atoms with E-state index in [0.29, 0.717) is 6.61 Å². The van der Waals surface area contributed by atoms with Crippen molar-refractivity contribution in [1.29, 1.82) is 0 Å². The molecule has 2 rings (SSSR count). The molecule has 90 valence electrons. The maximum Gasteiger partial charge on any atom is 0.240 e. The first kappa shape index (κ1) is 12.6. The minimum Gasteiger partial charge on any atom is -0.410 e. The largest absolute Gasteiger partial charge is 0.410 e. The van der Waals surface area contributed by atoms with Crippen LogP contribution < -0.4 is 0 Å². The van der Waals surface area contributed by atoms with E-state index in [4.69, 9.17) is 10.8 Å². The molecule has 0 fully saturated rings. The van der Waals surface area contributed by atoms with Crippen LogP contribution >= 0.6 is 0 Å². The van der Waals surface area contributed by atoms with Crippen LogP contribution in [0.4, 0.5) is 0 Å². The minimum atomic E-state index is -0.803. The molecule has 2 heteroatoms. The van der Waals surface area contributed by atoms with E-state index in [9.17, 15) is 0 Å². The van der Waals surface area contributed by atoms with E-state index >= 15 is 0 Å². The van der Waals surface area contributed by atoms with Crippen molar-refractivity contribution >= 4 is 9.76 Å². The van der Waals surface area contributed by atoms with Crippen molar-refractivity contribution in [3.63, 3.8) is 0 Å². The summed E-state index contributed by atoms with van der Waals surface area (Å²) < 4.78 is 5.66. The maximum atomic E-state index is 5.66. The summed E-state index contributed by atoms with van der Waals surface area (Å²) in [6, 6.07) is 20.8. The molecule has 0 aliphatic carbocycles. The Hall–Kier alpha value is -1.82. The lowest BCUT2D eigenvalue weighted by molar-refractivity contribution is 0.326. The molecule has 0 N–H and O–H groups in total. The van der Waals surface area contributed by atoms with Crippen LogP contribution in [-0.4, -0.2) is 16.4 Å². The van der Waals surface area contributed by atoms with Gasteiger partial charge in [-0.05, 0) is 11.1 Å². The number of hydrogen-bond donors (Lipinski definition) is 0. The molecule has 0 amide bonds. The fourth-order valence-corrected chi connectivity index (χ4v) is 2.46. The van der Waals surface area contributed by atoms with E-state index in [0.717, 1.165) is 0 Å². The van der Waals surface area contributed by atoms with E-state index in [-0.39, 0.29) is 5.92 Å². The Balaban J connectivity index is 2.21. The van der Waals surface area contributed by atoms with Gasteiger partial charge in [0.1, 0.15) is 0 Å². The Morgan fingerprint density at radius 3 is 1.89 bits per heavy atom. The van der Waals surface area contributed by atoms with Gasteiger partial charge < -0.3 is 4.43 Å². The van der Waals surface area contributed by atoms with Crippen LogP contribution in [0.2, 0.25) is 0 Å². The Kier molecular flexibility index (Phi) is 4.77. The zero-order valence-electron chi connectivity index (χ0n) is 10.3. The second-order valence-electron chi connectivity index (χ2n) is 4.09. The summed E-state index contributed by atoms with van der Waals surface area (Å²) in [7, 11) is -0.803.